The van der Waals surface area contributed by atoms with Gasteiger partial charge in [0.25, 0.3) is 5.56 Å². The summed E-state index contributed by atoms with van der Waals surface area (Å²) in [5.74, 6) is 1.50. The molecule has 0 unspecified atom stereocenters. The molecule has 9 nitrogen and oxygen atoms in total. The normalized spacial score (nSPS) is 14.6. The van der Waals surface area contributed by atoms with Crippen LogP contribution >= 0.6 is 11.6 Å². The number of nitrogens with zero attached hydrogens (tertiary/aromatic N) is 3. The molecule has 1 aliphatic rings. The fraction of sp³-hybridized carbons (Fsp3) is 0.333. The number of hydrogen-bond donors (Lipinski definition) is 2. The molecule has 0 radical (unpaired) electrons. The van der Waals surface area contributed by atoms with Gasteiger partial charge in [-0.1, -0.05) is 11.6 Å². The van der Waals surface area contributed by atoms with Gasteiger partial charge < -0.3 is 24.9 Å². The van der Waals surface area contributed by atoms with Crippen LogP contribution in [0.3, 0.4) is 0 Å². The minimum absolute atomic E-state index is 0.205. The molecule has 2 aromatic carbocycles. The largest absolute Gasteiger partial charge is 0.497 e. The van der Waals surface area contributed by atoms with Gasteiger partial charge in [0.2, 0.25) is 0 Å². The maximum Gasteiger partial charge on any atom is 0.261 e. The third-order valence-electron chi connectivity index (χ3n) is 6.02. The average molecular weight is 484 g/mol. The molecule has 1 aliphatic heterocycles. The lowest BCUT2D eigenvalue weighted by Gasteiger charge is -2.26. The maximum atomic E-state index is 12.9. The Morgan fingerprint density at radius 2 is 1.97 bits per heavy atom. The summed E-state index contributed by atoms with van der Waals surface area (Å²) < 4.78 is 18.1. The van der Waals surface area contributed by atoms with Crippen LogP contribution < -0.4 is 20.8 Å². The highest BCUT2D eigenvalue weighted by Crippen LogP contribution is 2.32. The number of aromatic nitrogens is 3. The van der Waals surface area contributed by atoms with Gasteiger partial charge in [-0.25, -0.2) is 4.68 Å². The third-order valence-corrected chi connectivity index (χ3v) is 6.33. The van der Waals surface area contributed by atoms with Crippen molar-refractivity contribution in [3.63, 3.8) is 0 Å². The van der Waals surface area contributed by atoms with E-state index in [9.17, 15) is 4.79 Å². The summed E-state index contributed by atoms with van der Waals surface area (Å²) in [4.78, 5) is 18.2. The van der Waals surface area contributed by atoms with E-state index in [-0.39, 0.29) is 11.4 Å². The van der Waals surface area contributed by atoms with E-state index in [1.165, 1.54) is 4.68 Å². The highest BCUT2D eigenvalue weighted by Gasteiger charge is 2.19. The Kier molecular flexibility index (Phi) is 6.32. The molecule has 5 rings (SSSR count). The molecule has 10 heteroatoms. The number of ether oxygens (including phenoxy) is 3. The Hall–Kier alpha value is -3.27. The molecule has 34 heavy (non-hydrogen) atoms. The van der Waals surface area contributed by atoms with E-state index >= 15 is 0 Å². The summed E-state index contributed by atoms with van der Waals surface area (Å²) in [5.41, 5.74) is 7.67. The summed E-state index contributed by atoms with van der Waals surface area (Å²) in [6, 6.07) is 10.8. The number of halogens is 1. The molecule has 4 aromatic rings. The van der Waals surface area contributed by atoms with Crippen molar-refractivity contribution in [1.29, 1.82) is 0 Å². The number of morpholine rings is 1. The lowest BCUT2D eigenvalue weighted by molar-refractivity contribution is 0.0358. The van der Waals surface area contributed by atoms with Gasteiger partial charge in [-0.2, -0.15) is 5.10 Å². The lowest BCUT2D eigenvalue weighted by atomic mass is 10.1. The molecule has 1 saturated heterocycles. The minimum Gasteiger partial charge on any atom is -0.497 e. The number of benzene rings is 2. The summed E-state index contributed by atoms with van der Waals surface area (Å²) in [6.45, 7) is 5.06. The van der Waals surface area contributed by atoms with Gasteiger partial charge in [0, 0.05) is 37.2 Å². The first-order chi connectivity index (χ1) is 16.5. The molecule has 0 atom stereocenters. The summed E-state index contributed by atoms with van der Waals surface area (Å²) in [6.07, 6.45) is 0.913. The van der Waals surface area contributed by atoms with Crippen LogP contribution in [0.1, 0.15) is 6.42 Å². The van der Waals surface area contributed by atoms with E-state index in [4.69, 9.17) is 31.5 Å². The number of nitrogens with one attached hydrogen (secondary N) is 1. The number of nitrogen functional groups attached to an aromatic ring is 1. The van der Waals surface area contributed by atoms with E-state index in [2.05, 4.69) is 15.0 Å². The molecule has 0 aliphatic carbocycles. The second-order valence-corrected chi connectivity index (χ2v) is 8.56. The second kappa shape index (κ2) is 9.54. The van der Waals surface area contributed by atoms with Crippen LogP contribution in [-0.2, 0) is 4.74 Å². The van der Waals surface area contributed by atoms with Gasteiger partial charge in [0.15, 0.2) is 0 Å². The van der Waals surface area contributed by atoms with E-state index in [1.54, 1.807) is 25.3 Å². The van der Waals surface area contributed by atoms with Crippen LogP contribution in [0.2, 0.25) is 5.02 Å². The Balaban J connectivity index is 1.43. The van der Waals surface area contributed by atoms with Crippen LogP contribution in [0.4, 0.5) is 5.82 Å². The van der Waals surface area contributed by atoms with Gasteiger partial charge in [0.05, 0.1) is 43.2 Å². The standard InChI is InChI=1S/C24H26ClN5O4/c1-32-15-4-6-18(25)20(14-15)30-23(26)21-22(28-30)17-5-3-16(13-19(17)27-24(21)31)34-10-2-7-29-8-11-33-12-9-29/h3-6,13-14H,2,7-12,26H2,1H3,(H,27,31). The minimum atomic E-state index is -0.324. The first-order valence-electron chi connectivity index (χ1n) is 11.2. The van der Waals surface area contributed by atoms with Crippen molar-refractivity contribution in [3.05, 3.63) is 51.8 Å². The maximum absolute atomic E-state index is 12.9. The summed E-state index contributed by atoms with van der Waals surface area (Å²) in [7, 11) is 1.57. The highest BCUT2D eigenvalue weighted by atomic mass is 35.5. The molecule has 0 spiro atoms. The SMILES string of the molecule is COc1ccc(Cl)c(-n2nc3c(c2N)c(=O)[nH]c2cc(OCCCN4CCOCC4)ccc23)c1. The van der Waals surface area contributed by atoms with Crippen LogP contribution in [0.5, 0.6) is 11.5 Å². The van der Waals surface area contributed by atoms with E-state index in [1.807, 2.05) is 18.2 Å². The number of H-pyrrole nitrogens is 1. The number of pyridine rings is 1. The average Bonchev–Trinajstić information content (AvgIpc) is 3.20. The molecule has 2 aromatic heterocycles. The van der Waals surface area contributed by atoms with Gasteiger partial charge in [-0.3, -0.25) is 9.69 Å². The number of fused-ring (bicyclic) bond motifs is 3. The molecular formula is C24H26ClN5O4. The molecule has 178 valence electrons. The predicted molar refractivity (Wildman–Crippen MR) is 133 cm³/mol. The first-order valence-corrected chi connectivity index (χ1v) is 11.5. The van der Waals surface area contributed by atoms with E-state index in [0.29, 0.717) is 45.2 Å². The zero-order valence-electron chi connectivity index (χ0n) is 18.8. The van der Waals surface area contributed by atoms with Crippen LogP contribution in [0.15, 0.2) is 41.2 Å². The molecule has 3 heterocycles. The van der Waals surface area contributed by atoms with Gasteiger partial charge in [-0.05, 0) is 30.7 Å². The molecular weight excluding hydrogens is 458 g/mol. The predicted octanol–water partition coefficient (Wildman–Crippen LogP) is 3.21. The monoisotopic (exact) mass is 483 g/mol. The number of methoxy groups -OCH3 is 1. The molecule has 0 bridgehead atoms. The Morgan fingerprint density at radius 3 is 2.76 bits per heavy atom. The van der Waals surface area contributed by atoms with Crippen molar-refractivity contribution in [1.82, 2.24) is 19.7 Å². The summed E-state index contributed by atoms with van der Waals surface area (Å²) in [5, 5.41) is 6.15. The van der Waals surface area contributed by atoms with Crippen LogP contribution in [0.25, 0.3) is 27.5 Å². The van der Waals surface area contributed by atoms with Gasteiger partial charge in [0.1, 0.15) is 28.2 Å². The lowest BCUT2D eigenvalue weighted by Crippen LogP contribution is -2.37. The van der Waals surface area contributed by atoms with Crippen molar-refractivity contribution in [2.45, 2.75) is 6.42 Å². The van der Waals surface area contributed by atoms with Crippen molar-refractivity contribution < 1.29 is 14.2 Å². The van der Waals surface area contributed by atoms with Crippen molar-refractivity contribution in [2.75, 3.05) is 52.3 Å². The number of anilines is 1. The quantitative estimate of drug-likeness (QED) is 0.388. The van der Waals surface area contributed by atoms with Crippen LogP contribution in [-0.4, -0.2) is 66.2 Å². The van der Waals surface area contributed by atoms with E-state index < -0.39 is 0 Å². The summed E-state index contributed by atoms with van der Waals surface area (Å²) >= 11 is 6.39. The topological polar surface area (TPSA) is 108 Å². The van der Waals surface area contributed by atoms with Crippen molar-refractivity contribution in [3.8, 4) is 17.2 Å². The van der Waals surface area contributed by atoms with Gasteiger partial charge in [-0.15, -0.1) is 0 Å². The number of rotatable bonds is 7. The van der Waals surface area contributed by atoms with E-state index in [0.717, 1.165) is 44.7 Å². The van der Waals surface area contributed by atoms with Crippen molar-refractivity contribution in [2.24, 2.45) is 0 Å². The smallest absolute Gasteiger partial charge is 0.261 e. The Labute approximate surface area is 200 Å². The zero-order chi connectivity index (χ0) is 23.7. The highest BCUT2D eigenvalue weighted by molar-refractivity contribution is 6.32. The zero-order valence-corrected chi connectivity index (χ0v) is 19.6. The number of aromatic amines is 1. The molecule has 0 saturated carbocycles. The third kappa shape index (κ3) is 4.29. The Bertz CT molecular complexity index is 1390. The molecule has 1 fully saturated rings. The van der Waals surface area contributed by atoms with Crippen molar-refractivity contribution >= 4 is 39.2 Å². The molecule has 0 amide bonds. The first kappa shape index (κ1) is 22.5. The second-order valence-electron chi connectivity index (χ2n) is 8.16. The number of hydrogen-bond acceptors (Lipinski definition) is 7. The molecule has 3 N–H and O–H groups in total. The Morgan fingerprint density at radius 1 is 1.18 bits per heavy atom. The van der Waals surface area contributed by atoms with Gasteiger partial charge >= 0.3 is 0 Å². The number of nitrogens with two attached hydrogens (primary N) is 1. The fourth-order valence-electron chi connectivity index (χ4n) is 4.22. The fourth-order valence-corrected chi connectivity index (χ4v) is 4.42. The van der Waals surface area contributed by atoms with Crippen LogP contribution in [0, 0.1) is 0 Å².